The molecule has 0 bridgehead atoms. The number of ether oxygens (including phenoxy) is 1. The fraction of sp³-hybridized carbons (Fsp3) is 0.500. The zero-order valence-electron chi connectivity index (χ0n) is 10.9. The predicted octanol–water partition coefficient (Wildman–Crippen LogP) is 1.73. The fourth-order valence-electron chi connectivity index (χ4n) is 2.35. The summed E-state index contributed by atoms with van der Waals surface area (Å²) in [6.07, 6.45) is 2.37. The molecule has 0 aliphatic carbocycles. The Kier molecular flexibility index (Phi) is 4.63. The average Bonchev–Trinajstić information content (AvgIpc) is 2.88. The Morgan fingerprint density at radius 1 is 1.47 bits per heavy atom. The van der Waals surface area contributed by atoms with Gasteiger partial charge < -0.3 is 20.5 Å². The Bertz CT molecular complexity index is 430. The van der Waals surface area contributed by atoms with Crippen LogP contribution in [0.3, 0.4) is 0 Å². The highest BCUT2D eigenvalue weighted by molar-refractivity contribution is 5.70. The molecule has 2 rings (SSSR count). The Labute approximate surface area is 113 Å². The molecule has 3 N–H and O–H groups in total. The molecule has 0 aromatic heterocycles. The molecule has 1 aromatic rings. The Morgan fingerprint density at radius 3 is 2.89 bits per heavy atom. The van der Waals surface area contributed by atoms with Crippen molar-refractivity contribution in [1.29, 1.82) is 0 Å². The summed E-state index contributed by atoms with van der Waals surface area (Å²) in [5, 5.41) is 8.85. The second-order valence-electron chi connectivity index (χ2n) is 4.78. The van der Waals surface area contributed by atoms with E-state index in [1.807, 2.05) is 29.2 Å². The first kappa shape index (κ1) is 13.7. The lowest BCUT2D eigenvalue weighted by Gasteiger charge is -2.28. The van der Waals surface area contributed by atoms with Crippen LogP contribution < -0.4 is 10.6 Å². The van der Waals surface area contributed by atoms with Gasteiger partial charge in [0.15, 0.2) is 0 Å². The van der Waals surface area contributed by atoms with Gasteiger partial charge in [0.25, 0.3) is 0 Å². The van der Waals surface area contributed by atoms with E-state index in [9.17, 15) is 4.79 Å². The van der Waals surface area contributed by atoms with Crippen LogP contribution in [0.1, 0.15) is 19.3 Å². The van der Waals surface area contributed by atoms with E-state index in [-0.39, 0.29) is 12.5 Å². The molecule has 0 amide bonds. The van der Waals surface area contributed by atoms with Crippen LogP contribution in [-0.4, -0.2) is 36.9 Å². The summed E-state index contributed by atoms with van der Waals surface area (Å²) < 4.78 is 5.62. The Balaban J connectivity index is 2.08. The highest BCUT2D eigenvalue weighted by atomic mass is 16.5. The van der Waals surface area contributed by atoms with Crippen LogP contribution in [0.4, 0.5) is 11.4 Å². The predicted molar refractivity (Wildman–Crippen MR) is 74.3 cm³/mol. The molecule has 0 spiro atoms. The number of nitrogens with zero attached hydrogens (tertiary/aromatic N) is 1. The molecule has 1 fully saturated rings. The van der Waals surface area contributed by atoms with Gasteiger partial charge in [0.05, 0.1) is 23.9 Å². The largest absolute Gasteiger partial charge is 0.481 e. The van der Waals surface area contributed by atoms with Gasteiger partial charge in [0.1, 0.15) is 0 Å². The van der Waals surface area contributed by atoms with Crippen molar-refractivity contribution in [2.45, 2.75) is 25.4 Å². The number of nitrogen functional groups attached to an aromatic ring is 1. The Hall–Kier alpha value is -1.75. The summed E-state index contributed by atoms with van der Waals surface area (Å²) in [6.45, 7) is 1.94. The zero-order chi connectivity index (χ0) is 13.7. The molecule has 0 radical (unpaired) electrons. The SMILES string of the molecule is Nc1ccccc1N(CCC(=O)O)CC1CCCO1. The van der Waals surface area contributed by atoms with Gasteiger partial charge in [0, 0.05) is 19.7 Å². The summed E-state index contributed by atoms with van der Waals surface area (Å²) in [5.41, 5.74) is 7.53. The number of carboxylic acids is 1. The quantitative estimate of drug-likeness (QED) is 0.765. The number of benzene rings is 1. The summed E-state index contributed by atoms with van der Waals surface area (Å²) in [5.74, 6) is -0.799. The lowest BCUT2D eigenvalue weighted by molar-refractivity contribution is -0.136. The third-order valence-corrected chi connectivity index (χ3v) is 3.32. The van der Waals surface area contributed by atoms with E-state index in [1.165, 1.54) is 0 Å². The van der Waals surface area contributed by atoms with Crippen molar-refractivity contribution < 1.29 is 14.6 Å². The molecular weight excluding hydrogens is 244 g/mol. The van der Waals surface area contributed by atoms with Crippen molar-refractivity contribution in [3.05, 3.63) is 24.3 Å². The van der Waals surface area contributed by atoms with E-state index in [2.05, 4.69) is 0 Å². The molecule has 1 aromatic carbocycles. The monoisotopic (exact) mass is 264 g/mol. The van der Waals surface area contributed by atoms with E-state index in [0.717, 1.165) is 25.1 Å². The van der Waals surface area contributed by atoms with Crippen molar-refractivity contribution in [2.24, 2.45) is 0 Å². The van der Waals surface area contributed by atoms with Crippen molar-refractivity contribution in [3.8, 4) is 0 Å². The number of hydrogen-bond donors (Lipinski definition) is 2. The van der Waals surface area contributed by atoms with Crippen molar-refractivity contribution in [3.63, 3.8) is 0 Å². The fourth-order valence-corrected chi connectivity index (χ4v) is 2.35. The number of aliphatic carboxylic acids is 1. The van der Waals surface area contributed by atoms with Crippen molar-refractivity contribution in [1.82, 2.24) is 0 Å². The lowest BCUT2D eigenvalue weighted by Crippen LogP contribution is -2.34. The van der Waals surface area contributed by atoms with Crippen LogP contribution in [0.15, 0.2) is 24.3 Å². The van der Waals surface area contributed by atoms with Crippen LogP contribution in [-0.2, 0) is 9.53 Å². The molecule has 1 atom stereocenters. The van der Waals surface area contributed by atoms with Crippen molar-refractivity contribution >= 4 is 17.3 Å². The molecule has 1 saturated heterocycles. The van der Waals surface area contributed by atoms with Gasteiger partial charge in [-0.2, -0.15) is 0 Å². The van der Waals surface area contributed by atoms with Gasteiger partial charge >= 0.3 is 5.97 Å². The van der Waals surface area contributed by atoms with Crippen LogP contribution in [0, 0.1) is 0 Å². The molecule has 5 heteroatoms. The standard InChI is InChI=1S/C14H20N2O3/c15-12-5-1-2-6-13(12)16(8-7-14(17)18)10-11-4-3-9-19-11/h1-2,5-6,11H,3-4,7-10,15H2,(H,17,18). The molecule has 1 aliphatic heterocycles. The van der Waals surface area contributed by atoms with E-state index in [4.69, 9.17) is 15.6 Å². The lowest BCUT2D eigenvalue weighted by atomic mass is 10.2. The highest BCUT2D eigenvalue weighted by Crippen LogP contribution is 2.25. The first-order valence-electron chi connectivity index (χ1n) is 6.59. The van der Waals surface area contributed by atoms with Gasteiger partial charge in [-0.25, -0.2) is 0 Å². The van der Waals surface area contributed by atoms with E-state index in [1.54, 1.807) is 0 Å². The molecule has 5 nitrogen and oxygen atoms in total. The zero-order valence-corrected chi connectivity index (χ0v) is 10.9. The number of carboxylic acid groups (broad SMARTS) is 1. The number of nitrogens with two attached hydrogens (primary N) is 1. The van der Waals surface area contributed by atoms with Crippen molar-refractivity contribution in [2.75, 3.05) is 30.3 Å². The molecule has 1 unspecified atom stereocenters. The van der Waals surface area contributed by atoms with E-state index in [0.29, 0.717) is 18.8 Å². The van der Waals surface area contributed by atoms with Crippen LogP contribution >= 0.6 is 0 Å². The topological polar surface area (TPSA) is 75.8 Å². The summed E-state index contributed by atoms with van der Waals surface area (Å²) in [7, 11) is 0. The van der Waals surface area contributed by atoms with Crippen LogP contribution in [0.5, 0.6) is 0 Å². The van der Waals surface area contributed by atoms with E-state index >= 15 is 0 Å². The first-order chi connectivity index (χ1) is 9.16. The minimum absolute atomic E-state index is 0.0983. The second-order valence-corrected chi connectivity index (χ2v) is 4.78. The Morgan fingerprint density at radius 2 is 2.26 bits per heavy atom. The molecule has 0 saturated carbocycles. The molecule has 19 heavy (non-hydrogen) atoms. The van der Waals surface area contributed by atoms with Crippen LogP contribution in [0.2, 0.25) is 0 Å². The average molecular weight is 264 g/mol. The normalized spacial score (nSPS) is 18.4. The number of hydrogen-bond acceptors (Lipinski definition) is 4. The van der Waals surface area contributed by atoms with Gasteiger partial charge in [-0.05, 0) is 25.0 Å². The highest BCUT2D eigenvalue weighted by Gasteiger charge is 2.20. The third-order valence-electron chi connectivity index (χ3n) is 3.32. The minimum atomic E-state index is -0.799. The summed E-state index contributed by atoms with van der Waals surface area (Å²) in [6, 6.07) is 7.54. The summed E-state index contributed by atoms with van der Waals surface area (Å²) in [4.78, 5) is 12.8. The van der Waals surface area contributed by atoms with E-state index < -0.39 is 5.97 Å². The van der Waals surface area contributed by atoms with Gasteiger partial charge in [-0.3, -0.25) is 4.79 Å². The van der Waals surface area contributed by atoms with Crippen LogP contribution in [0.25, 0.3) is 0 Å². The first-order valence-corrected chi connectivity index (χ1v) is 6.59. The summed E-state index contributed by atoms with van der Waals surface area (Å²) >= 11 is 0. The second kappa shape index (κ2) is 6.43. The third kappa shape index (κ3) is 3.86. The smallest absolute Gasteiger partial charge is 0.305 e. The maximum Gasteiger partial charge on any atom is 0.305 e. The molecule has 1 heterocycles. The number of para-hydroxylation sites is 2. The maximum absolute atomic E-state index is 10.8. The molecular formula is C14H20N2O3. The van der Waals surface area contributed by atoms with Gasteiger partial charge in [-0.15, -0.1) is 0 Å². The molecule has 1 aliphatic rings. The molecule has 104 valence electrons. The maximum atomic E-state index is 10.8. The number of anilines is 2. The number of rotatable bonds is 6. The minimum Gasteiger partial charge on any atom is -0.481 e. The van der Waals surface area contributed by atoms with Gasteiger partial charge in [-0.1, -0.05) is 12.1 Å². The van der Waals surface area contributed by atoms with Gasteiger partial charge in [0.2, 0.25) is 0 Å². The number of carbonyl (C=O) groups is 1.